The molecule has 5 rings (SSSR count). The number of nitrogens with zero attached hydrogens (tertiary/aromatic N) is 1. The lowest BCUT2D eigenvalue weighted by molar-refractivity contribution is -0.135. The molecule has 21 heavy (non-hydrogen) atoms. The second-order valence-electron chi connectivity index (χ2n) is 8.23. The molecule has 5 aliphatic rings. The Morgan fingerprint density at radius 2 is 1.76 bits per heavy atom. The second-order valence-corrected chi connectivity index (χ2v) is 8.23. The molecular formula is C17H28N2O2. The lowest BCUT2D eigenvalue weighted by Crippen LogP contribution is -2.51. The van der Waals surface area contributed by atoms with Gasteiger partial charge in [0, 0.05) is 13.1 Å². The Bertz CT molecular complexity index is 388. The molecule has 1 heterocycles. The van der Waals surface area contributed by atoms with Crippen LogP contribution in [0.4, 0.5) is 0 Å². The first kappa shape index (κ1) is 14.0. The van der Waals surface area contributed by atoms with E-state index in [0.717, 1.165) is 30.8 Å². The van der Waals surface area contributed by atoms with Crippen LogP contribution in [0.5, 0.6) is 0 Å². The Balaban J connectivity index is 1.35. The standard InChI is InChI=1S/C17H28N2O2/c18-16(20)15-11-19(3-4-21-15)2-1-17-8-12-5-13(9-17)7-14(6-12)10-17/h12-15H,1-11H2,(H2,18,20). The predicted octanol–water partition coefficient (Wildman–Crippen LogP) is 1.78. The van der Waals surface area contributed by atoms with Crippen LogP contribution in [-0.4, -0.2) is 43.2 Å². The predicted molar refractivity (Wildman–Crippen MR) is 80.6 cm³/mol. The van der Waals surface area contributed by atoms with Crippen molar-refractivity contribution in [2.45, 2.75) is 51.0 Å². The van der Waals surface area contributed by atoms with Crippen molar-refractivity contribution < 1.29 is 9.53 Å². The van der Waals surface area contributed by atoms with Gasteiger partial charge in [-0.05, 0) is 74.7 Å². The monoisotopic (exact) mass is 292 g/mol. The van der Waals surface area contributed by atoms with Gasteiger partial charge in [0.2, 0.25) is 5.91 Å². The van der Waals surface area contributed by atoms with Crippen LogP contribution >= 0.6 is 0 Å². The Morgan fingerprint density at radius 3 is 2.33 bits per heavy atom. The average molecular weight is 292 g/mol. The zero-order valence-corrected chi connectivity index (χ0v) is 12.9. The summed E-state index contributed by atoms with van der Waals surface area (Å²) in [6.45, 7) is 3.42. The fourth-order valence-corrected chi connectivity index (χ4v) is 6.07. The number of morpholine rings is 1. The SMILES string of the molecule is NC(=O)C1CN(CCC23CC4CC(CC(C4)C2)C3)CCO1. The number of hydrogen-bond acceptors (Lipinski definition) is 3. The molecule has 118 valence electrons. The summed E-state index contributed by atoms with van der Waals surface area (Å²) in [6, 6.07) is 0. The molecule has 1 saturated heterocycles. The smallest absolute Gasteiger partial charge is 0.247 e. The third-order valence-electron chi connectivity index (χ3n) is 6.59. The molecule has 4 nitrogen and oxygen atoms in total. The van der Waals surface area contributed by atoms with Crippen molar-refractivity contribution in [1.29, 1.82) is 0 Å². The summed E-state index contributed by atoms with van der Waals surface area (Å²) in [5.41, 5.74) is 6.02. The zero-order chi connectivity index (χ0) is 14.4. The van der Waals surface area contributed by atoms with Gasteiger partial charge < -0.3 is 10.5 Å². The van der Waals surface area contributed by atoms with Gasteiger partial charge in [-0.1, -0.05) is 0 Å². The highest BCUT2D eigenvalue weighted by Gasteiger charge is 2.50. The second kappa shape index (κ2) is 5.24. The van der Waals surface area contributed by atoms with E-state index in [2.05, 4.69) is 4.90 Å². The Morgan fingerprint density at radius 1 is 1.14 bits per heavy atom. The van der Waals surface area contributed by atoms with Gasteiger partial charge >= 0.3 is 0 Å². The number of ether oxygens (including phenoxy) is 1. The van der Waals surface area contributed by atoms with Gasteiger partial charge in [0.25, 0.3) is 0 Å². The highest BCUT2D eigenvalue weighted by Crippen LogP contribution is 2.61. The first-order chi connectivity index (χ1) is 10.1. The highest BCUT2D eigenvalue weighted by molar-refractivity contribution is 5.79. The van der Waals surface area contributed by atoms with E-state index in [4.69, 9.17) is 10.5 Å². The molecule has 4 saturated carbocycles. The molecular weight excluding hydrogens is 264 g/mol. The van der Waals surface area contributed by atoms with Crippen molar-refractivity contribution in [2.75, 3.05) is 26.2 Å². The largest absolute Gasteiger partial charge is 0.367 e. The van der Waals surface area contributed by atoms with E-state index in [1.807, 2.05) is 0 Å². The fourth-order valence-electron chi connectivity index (χ4n) is 6.07. The minimum atomic E-state index is -0.393. The molecule has 0 spiro atoms. The topological polar surface area (TPSA) is 55.6 Å². The van der Waals surface area contributed by atoms with Gasteiger partial charge in [0.15, 0.2) is 0 Å². The quantitative estimate of drug-likeness (QED) is 0.859. The van der Waals surface area contributed by atoms with E-state index >= 15 is 0 Å². The summed E-state index contributed by atoms with van der Waals surface area (Å²) in [6.07, 6.45) is 9.90. The van der Waals surface area contributed by atoms with Crippen LogP contribution in [0.3, 0.4) is 0 Å². The van der Waals surface area contributed by atoms with Gasteiger partial charge in [-0.25, -0.2) is 0 Å². The fraction of sp³-hybridized carbons (Fsp3) is 0.941. The molecule has 1 aliphatic heterocycles. The van der Waals surface area contributed by atoms with E-state index in [1.54, 1.807) is 0 Å². The highest BCUT2D eigenvalue weighted by atomic mass is 16.5. The lowest BCUT2D eigenvalue weighted by atomic mass is 9.49. The van der Waals surface area contributed by atoms with Gasteiger partial charge in [-0.15, -0.1) is 0 Å². The van der Waals surface area contributed by atoms with Gasteiger partial charge in [-0.2, -0.15) is 0 Å². The molecule has 5 fully saturated rings. The molecule has 1 amide bonds. The molecule has 0 radical (unpaired) electrons. The zero-order valence-electron chi connectivity index (χ0n) is 12.9. The van der Waals surface area contributed by atoms with Gasteiger partial charge in [0.1, 0.15) is 6.10 Å². The Kier molecular flexibility index (Phi) is 3.49. The normalized spacial score (nSPS) is 45.9. The van der Waals surface area contributed by atoms with Crippen LogP contribution in [-0.2, 0) is 9.53 Å². The number of amides is 1. The van der Waals surface area contributed by atoms with E-state index in [9.17, 15) is 4.79 Å². The molecule has 4 heteroatoms. The van der Waals surface area contributed by atoms with Gasteiger partial charge in [-0.3, -0.25) is 9.69 Å². The van der Waals surface area contributed by atoms with E-state index in [0.29, 0.717) is 18.6 Å². The Hall–Kier alpha value is -0.610. The molecule has 0 aromatic rings. The number of carbonyl (C=O) groups is 1. The molecule has 1 atom stereocenters. The lowest BCUT2D eigenvalue weighted by Gasteiger charge is -2.57. The van der Waals surface area contributed by atoms with Crippen molar-refractivity contribution in [3.63, 3.8) is 0 Å². The molecule has 0 aromatic heterocycles. The first-order valence-corrected chi connectivity index (χ1v) is 8.75. The van der Waals surface area contributed by atoms with Crippen LogP contribution in [0.15, 0.2) is 0 Å². The summed E-state index contributed by atoms with van der Waals surface area (Å²) in [5, 5.41) is 0. The molecule has 1 unspecified atom stereocenters. The maximum atomic E-state index is 11.3. The first-order valence-electron chi connectivity index (χ1n) is 8.75. The van der Waals surface area contributed by atoms with Crippen LogP contribution in [0.25, 0.3) is 0 Å². The number of rotatable bonds is 4. The maximum absolute atomic E-state index is 11.3. The van der Waals surface area contributed by atoms with E-state index in [-0.39, 0.29) is 5.91 Å². The van der Waals surface area contributed by atoms with Crippen LogP contribution in [0.2, 0.25) is 0 Å². The van der Waals surface area contributed by atoms with Crippen molar-refractivity contribution in [1.82, 2.24) is 4.90 Å². The van der Waals surface area contributed by atoms with Crippen molar-refractivity contribution in [3.8, 4) is 0 Å². The average Bonchev–Trinajstić information content (AvgIpc) is 2.44. The molecule has 4 aliphatic carbocycles. The molecule has 4 bridgehead atoms. The maximum Gasteiger partial charge on any atom is 0.247 e. The van der Waals surface area contributed by atoms with Crippen LogP contribution < -0.4 is 5.73 Å². The van der Waals surface area contributed by atoms with E-state index in [1.165, 1.54) is 44.9 Å². The van der Waals surface area contributed by atoms with Crippen LogP contribution in [0.1, 0.15) is 44.9 Å². The summed E-state index contributed by atoms with van der Waals surface area (Å²) < 4.78 is 5.45. The number of carbonyl (C=O) groups excluding carboxylic acids is 1. The molecule has 0 aromatic carbocycles. The molecule has 2 N–H and O–H groups in total. The third-order valence-corrected chi connectivity index (χ3v) is 6.59. The summed E-state index contributed by atoms with van der Waals surface area (Å²) in [4.78, 5) is 13.7. The van der Waals surface area contributed by atoms with Crippen LogP contribution in [0, 0.1) is 23.2 Å². The summed E-state index contributed by atoms with van der Waals surface area (Å²) >= 11 is 0. The minimum Gasteiger partial charge on any atom is -0.367 e. The summed E-state index contributed by atoms with van der Waals surface area (Å²) in [5.74, 6) is 2.77. The number of hydrogen-bond donors (Lipinski definition) is 1. The van der Waals surface area contributed by atoms with Crippen molar-refractivity contribution in [3.05, 3.63) is 0 Å². The third kappa shape index (κ3) is 2.72. The van der Waals surface area contributed by atoms with Gasteiger partial charge in [0.05, 0.1) is 6.61 Å². The van der Waals surface area contributed by atoms with Crippen molar-refractivity contribution >= 4 is 5.91 Å². The Labute approximate surface area is 127 Å². The van der Waals surface area contributed by atoms with Crippen molar-refractivity contribution in [2.24, 2.45) is 28.9 Å². The summed E-state index contributed by atoms with van der Waals surface area (Å²) in [7, 11) is 0. The number of primary amides is 1. The van der Waals surface area contributed by atoms with E-state index < -0.39 is 6.10 Å². The minimum absolute atomic E-state index is 0.311. The number of nitrogens with two attached hydrogens (primary N) is 1.